The maximum absolute atomic E-state index is 8.29. The normalized spacial score (nSPS) is 10.4. The number of para-hydroxylation sites is 1. The molecule has 4 rings (SSSR count). The van der Waals surface area contributed by atoms with Gasteiger partial charge in [0.05, 0.1) is 10.5 Å². The van der Waals surface area contributed by atoms with Crippen LogP contribution >= 0.6 is 27.5 Å². The molecule has 0 aliphatic carbocycles. The van der Waals surface area contributed by atoms with Crippen molar-refractivity contribution in [2.24, 2.45) is 0 Å². The van der Waals surface area contributed by atoms with Crippen LogP contribution in [0.25, 0.3) is 27.6 Å². The zero-order valence-electron chi connectivity index (χ0n) is 12.1. The molecule has 0 aliphatic rings. The van der Waals surface area contributed by atoms with E-state index in [1.807, 2.05) is 30.3 Å². The van der Waals surface area contributed by atoms with Gasteiger partial charge in [0.15, 0.2) is 0 Å². The number of rotatable bonds is 1. The molecule has 0 unspecified atom stereocenters. The summed E-state index contributed by atoms with van der Waals surface area (Å²) < 4.78 is 19.8. The van der Waals surface area contributed by atoms with E-state index in [2.05, 4.69) is 49.7 Å². The van der Waals surface area contributed by atoms with Crippen LogP contribution in [-0.2, 0) is 11.6 Å². The maximum atomic E-state index is 8.29. The molecule has 0 bridgehead atoms. The number of benzene rings is 2. The summed E-state index contributed by atoms with van der Waals surface area (Å²) in [5, 5.41) is 2.80. The third-order valence-corrected chi connectivity index (χ3v) is 4.38. The van der Waals surface area contributed by atoms with E-state index >= 15 is 0 Å². The molecular formula is C17H10BrClN2O2S. The van der Waals surface area contributed by atoms with Crippen LogP contribution < -0.4 is 0 Å². The van der Waals surface area contributed by atoms with Crippen LogP contribution in [0.3, 0.4) is 0 Å². The molecule has 0 fully saturated rings. The number of fused-ring (bicyclic) bond motifs is 3. The summed E-state index contributed by atoms with van der Waals surface area (Å²) in [6.45, 7) is 0. The van der Waals surface area contributed by atoms with Gasteiger partial charge in [0.2, 0.25) is 0 Å². The van der Waals surface area contributed by atoms with Crippen molar-refractivity contribution < 1.29 is 8.42 Å². The van der Waals surface area contributed by atoms with Gasteiger partial charge in [-0.3, -0.25) is 4.57 Å². The number of nitrogens with zero attached hydrogens (tertiary/aromatic N) is 2. The molecule has 0 atom stereocenters. The fourth-order valence-corrected chi connectivity index (χ4v) is 3.31. The van der Waals surface area contributed by atoms with E-state index in [0.717, 1.165) is 37.1 Å². The van der Waals surface area contributed by atoms with E-state index in [4.69, 9.17) is 20.0 Å². The highest BCUT2D eigenvalue weighted by atomic mass is 79.9. The van der Waals surface area contributed by atoms with Crippen molar-refractivity contribution in [1.82, 2.24) is 9.55 Å². The Balaban J connectivity index is 0.000000526. The predicted octanol–water partition coefficient (Wildman–Crippen LogP) is 4.92. The molecule has 0 amide bonds. The van der Waals surface area contributed by atoms with Gasteiger partial charge in [-0.1, -0.05) is 45.7 Å². The summed E-state index contributed by atoms with van der Waals surface area (Å²) in [5.41, 5.74) is 3.05. The fourth-order valence-electron chi connectivity index (χ4n) is 2.70. The van der Waals surface area contributed by atoms with Crippen molar-refractivity contribution in [3.63, 3.8) is 0 Å². The van der Waals surface area contributed by atoms with Crippen molar-refractivity contribution in [1.29, 1.82) is 0 Å². The molecule has 2 heterocycles. The molecule has 0 aliphatic heterocycles. The minimum atomic E-state index is -0.750. The van der Waals surface area contributed by atoms with Crippen molar-refractivity contribution in [2.45, 2.75) is 0 Å². The van der Waals surface area contributed by atoms with Gasteiger partial charge in [0.1, 0.15) is 5.65 Å². The Labute approximate surface area is 154 Å². The van der Waals surface area contributed by atoms with Gasteiger partial charge in [-0.05, 0) is 36.4 Å². The van der Waals surface area contributed by atoms with Crippen LogP contribution in [-0.4, -0.2) is 18.0 Å². The van der Waals surface area contributed by atoms with Crippen molar-refractivity contribution in [3.05, 3.63) is 70.3 Å². The zero-order valence-corrected chi connectivity index (χ0v) is 15.3. The van der Waals surface area contributed by atoms with Gasteiger partial charge in [0, 0.05) is 27.1 Å². The third kappa shape index (κ3) is 3.00. The highest BCUT2D eigenvalue weighted by molar-refractivity contribution is 9.10. The van der Waals surface area contributed by atoms with Crippen LogP contribution in [0, 0.1) is 0 Å². The van der Waals surface area contributed by atoms with Crippen LogP contribution in [0.2, 0.25) is 5.02 Å². The molecule has 0 spiro atoms. The second-order valence-electron chi connectivity index (χ2n) is 4.89. The van der Waals surface area contributed by atoms with E-state index in [9.17, 15) is 0 Å². The lowest BCUT2D eigenvalue weighted by Crippen LogP contribution is -1.94. The Morgan fingerprint density at radius 2 is 1.75 bits per heavy atom. The standard InChI is InChI=1S/C17H10BrClN2.O2S/c18-11-6-7-15-13(10-11)16-14(19)8-9-20-17(16)21(15)12-4-2-1-3-5-12;1-3-2/h1-10H;. The van der Waals surface area contributed by atoms with Crippen LogP contribution in [0.5, 0.6) is 0 Å². The maximum Gasteiger partial charge on any atom is 0.335 e. The molecule has 0 saturated heterocycles. The highest BCUT2D eigenvalue weighted by Crippen LogP contribution is 2.36. The van der Waals surface area contributed by atoms with Crippen molar-refractivity contribution >= 4 is 61.0 Å². The summed E-state index contributed by atoms with van der Waals surface area (Å²) in [4.78, 5) is 4.55. The monoisotopic (exact) mass is 420 g/mol. The number of pyridine rings is 1. The van der Waals surface area contributed by atoms with E-state index < -0.39 is 11.6 Å². The second-order valence-corrected chi connectivity index (χ2v) is 6.35. The topological polar surface area (TPSA) is 52.0 Å². The number of hydrogen-bond acceptors (Lipinski definition) is 3. The Bertz CT molecular complexity index is 1060. The van der Waals surface area contributed by atoms with E-state index in [1.165, 1.54) is 0 Å². The van der Waals surface area contributed by atoms with Gasteiger partial charge in [-0.15, -0.1) is 0 Å². The molecule has 120 valence electrons. The first-order valence-corrected chi connectivity index (χ1v) is 8.72. The summed E-state index contributed by atoms with van der Waals surface area (Å²) >= 11 is 9.21. The first-order valence-electron chi connectivity index (χ1n) is 6.88. The Morgan fingerprint density at radius 1 is 1.04 bits per heavy atom. The molecule has 0 N–H and O–H groups in total. The summed E-state index contributed by atoms with van der Waals surface area (Å²) in [7, 11) is 0. The summed E-state index contributed by atoms with van der Waals surface area (Å²) in [5.74, 6) is 0. The Morgan fingerprint density at radius 3 is 2.46 bits per heavy atom. The average molecular weight is 422 g/mol. The van der Waals surface area contributed by atoms with Gasteiger partial charge >= 0.3 is 11.6 Å². The first kappa shape index (κ1) is 16.8. The predicted molar refractivity (Wildman–Crippen MR) is 100 cm³/mol. The molecule has 0 radical (unpaired) electrons. The molecule has 0 saturated carbocycles. The van der Waals surface area contributed by atoms with Crippen LogP contribution in [0.4, 0.5) is 0 Å². The Hall–Kier alpha value is -2.02. The summed E-state index contributed by atoms with van der Waals surface area (Å²) in [6, 6.07) is 18.2. The Kier molecular flexibility index (Phi) is 5.08. The van der Waals surface area contributed by atoms with Gasteiger partial charge in [0.25, 0.3) is 0 Å². The van der Waals surface area contributed by atoms with Gasteiger partial charge in [-0.25, -0.2) is 4.98 Å². The lowest BCUT2D eigenvalue weighted by molar-refractivity contribution is 0.630. The molecule has 2 aromatic carbocycles. The summed E-state index contributed by atoms with van der Waals surface area (Å²) in [6.07, 6.45) is 1.75. The van der Waals surface area contributed by atoms with Crippen molar-refractivity contribution in [3.8, 4) is 5.69 Å². The first-order chi connectivity index (χ1) is 11.7. The second kappa shape index (κ2) is 7.25. The van der Waals surface area contributed by atoms with E-state index in [-0.39, 0.29) is 0 Å². The SMILES string of the molecule is Clc1ccnc2c1c1cc(Br)ccc1n2-c1ccccc1.O=S=O. The fraction of sp³-hybridized carbons (Fsp3) is 0. The number of aromatic nitrogens is 2. The van der Waals surface area contributed by atoms with E-state index in [1.54, 1.807) is 6.20 Å². The third-order valence-electron chi connectivity index (χ3n) is 3.58. The molecule has 4 nitrogen and oxygen atoms in total. The molecule has 7 heteroatoms. The lowest BCUT2D eigenvalue weighted by atomic mass is 10.2. The quantitative estimate of drug-likeness (QED) is 0.438. The van der Waals surface area contributed by atoms with Crippen LogP contribution in [0.1, 0.15) is 0 Å². The number of halogens is 2. The minimum Gasteiger partial charge on any atom is -0.294 e. The lowest BCUT2D eigenvalue weighted by Gasteiger charge is -2.06. The van der Waals surface area contributed by atoms with Crippen LogP contribution in [0.15, 0.2) is 65.3 Å². The average Bonchev–Trinajstić information content (AvgIpc) is 2.91. The molecule has 24 heavy (non-hydrogen) atoms. The number of hydrogen-bond donors (Lipinski definition) is 0. The van der Waals surface area contributed by atoms with Gasteiger partial charge < -0.3 is 0 Å². The minimum absolute atomic E-state index is 0.720. The van der Waals surface area contributed by atoms with Crippen molar-refractivity contribution in [2.75, 3.05) is 0 Å². The highest BCUT2D eigenvalue weighted by Gasteiger charge is 2.15. The molecule has 2 aromatic heterocycles. The largest absolute Gasteiger partial charge is 0.335 e. The molecule has 4 aromatic rings. The molecular weight excluding hydrogens is 412 g/mol. The zero-order chi connectivity index (χ0) is 17.1. The smallest absolute Gasteiger partial charge is 0.294 e. The van der Waals surface area contributed by atoms with Gasteiger partial charge in [-0.2, -0.15) is 8.42 Å². The van der Waals surface area contributed by atoms with E-state index in [0.29, 0.717) is 0 Å².